The molecule has 3 rings (SSSR count). The Hall–Kier alpha value is -1.62. The fourth-order valence-electron chi connectivity index (χ4n) is 3.50. The van der Waals surface area contributed by atoms with Crippen molar-refractivity contribution in [2.75, 3.05) is 23.4 Å². The number of allylic oxidation sites excluding steroid dienone is 1. The van der Waals surface area contributed by atoms with Gasteiger partial charge >= 0.3 is 0 Å². The maximum atomic E-state index is 12.7. The SMILES string of the molecule is C=CC[C@H]1CN(C2CCCC2)c2nc(Cl)ncc2N(C)C1=O. The second kappa shape index (κ2) is 6.24. The largest absolute Gasteiger partial charge is 0.351 e. The van der Waals surface area contributed by atoms with Crippen molar-refractivity contribution in [3.8, 4) is 0 Å². The highest BCUT2D eigenvalue weighted by Gasteiger charge is 2.36. The van der Waals surface area contributed by atoms with E-state index in [4.69, 9.17) is 11.6 Å². The molecule has 1 saturated carbocycles. The van der Waals surface area contributed by atoms with Gasteiger partial charge in [0, 0.05) is 19.6 Å². The van der Waals surface area contributed by atoms with E-state index in [1.807, 2.05) is 6.08 Å². The van der Waals surface area contributed by atoms with Crippen molar-refractivity contribution in [2.24, 2.45) is 5.92 Å². The fraction of sp³-hybridized carbons (Fsp3) is 0.562. The number of hydrogen-bond acceptors (Lipinski definition) is 4. The third-order valence-electron chi connectivity index (χ3n) is 4.67. The summed E-state index contributed by atoms with van der Waals surface area (Å²) in [6, 6.07) is 0.427. The van der Waals surface area contributed by atoms with Crippen LogP contribution in [-0.2, 0) is 4.79 Å². The first-order chi connectivity index (χ1) is 10.6. The summed E-state index contributed by atoms with van der Waals surface area (Å²) in [6.07, 6.45) is 8.87. The number of carbonyl (C=O) groups excluding carboxylic acids is 1. The molecular weight excluding hydrogens is 300 g/mol. The number of halogens is 1. The van der Waals surface area contributed by atoms with Crippen molar-refractivity contribution in [1.29, 1.82) is 0 Å². The molecule has 0 N–H and O–H groups in total. The van der Waals surface area contributed by atoms with Gasteiger partial charge in [0.1, 0.15) is 5.69 Å². The van der Waals surface area contributed by atoms with Crippen molar-refractivity contribution >= 4 is 29.0 Å². The van der Waals surface area contributed by atoms with Crippen molar-refractivity contribution in [3.63, 3.8) is 0 Å². The summed E-state index contributed by atoms with van der Waals surface area (Å²) >= 11 is 6.02. The molecular formula is C16H21ClN4O. The molecule has 5 nitrogen and oxygen atoms in total. The molecule has 22 heavy (non-hydrogen) atoms. The number of hydrogen-bond donors (Lipinski definition) is 0. The van der Waals surface area contributed by atoms with E-state index in [1.54, 1.807) is 18.1 Å². The highest BCUT2D eigenvalue weighted by Crippen LogP contribution is 2.37. The van der Waals surface area contributed by atoms with Gasteiger partial charge in [0.15, 0.2) is 5.82 Å². The molecule has 0 aromatic carbocycles. The monoisotopic (exact) mass is 320 g/mol. The normalized spacial score (nSPS) is 22.6. The van der Waals surface area contributed by atoms with Gasteiger partial charge in [0.25, 0.3) is 0 Å². The Labute approximate surface area is 136 Å². The number of carbonyl (C=O) groups is 1. The Morgan fingerprint density at radius 3 is 2.86 bits per heavy atom. The van der Waals surface area contributed by atoms with Gasteiger partial charge in [-0.15, -0.1) is 6.58 Å². The fourth-order valence-corrected chi connectivity index (χ4v) is 3.63. The van der Waals surface area contributed by atoms with Gasteiger partial charge in [-0.3, -0.25) is 4.79 Å². The summed E-state index contributed by atoms with van der Waals surface area (Å²) in [6.45, 7) is 4.46. The van der Waals surface area contributed by atoms with Gasteiger partial charge in [-0.2, -0.15) is 4.98 Å². The zero-order chi connectivity index (χ0) is 15.7. The van der Waals surface area contributed by atoms with E-state index in [1.165, 1.54) is 12.8 Å². The molecule has 0 saturated heterocycles. The van der Waals surface area contributed by atoms with Gasteiger partial charge in [0.2, 0.25) is 11.2 Å². The van der Waals surface area contributed by atoms with Gasteiger partial charge in [-0.25, -0.2) is 4.98 Å². The lowest BCUT2D eigenvalue weighted by Gasteiger charge is -2.31. The summed E-state index contributed by atoms with van der Waals surface area (Å²) < 4.78 is 0. The van der Waals surface area contributed by atoms with E-state index in [9.17, 15) is 4.79 Å². The Kier molecular flexibility index (Phi) is 4.34. The van der Waals surface area contributed by atoms with Crippen molar-refractivity contribution in [2.45, 2.75) is 38.1 Å². The summed E-state index contributed by atoms with van der Waals surface area (Å²) in [7, 11) is 1.78. The first-order valence-electron chi connectivity index (χ1n) is 7.79. The van der Waals surface area contributed by atoms with E-state index >= 15 is 0 Å². The highest BCUT2D eigenvalue weighted by atomic mass is 35.5. The average Bonchev–Trinajstić information content (AvgIpc) is 3.01. The van der Waals surface area contributed by atoms with E-state index in [2.05, 4.69) is 21.4 Å². The third-order valence-corrected chi connectivity index (χ3v) is 4.85. The van der Waals surface area contributed by atoms with Crippen LogP contribution >= 0.6 is 11.6 Å². The van der Waals surface area contributed by atoms with Crippen LogP contribution in [0.4, 0.5) is 11.5 Å². The Bertz CT molecular complexity index is 586. The lowest BCUT2D eigenvalue weighted by atomic mass is 10.0. The molecule has 1 atom stereocenters. The number of anilines is 2. The molecule has 118 valence electrons. The molecule has 0 bridgehead atoms. The third kappa shape index (κ3) is 2.70. The van der Waals surface area contributed by atoms with E-state index in [-0.39, 0.29) is 17.1 Å². The molecule has 1 aromatic rings. The molecule has 0 radical (unpaired) electrons. The Balaban J connectivity index is 2.05. The molecule has 2 heterocycles. The number of fused-ring (bicyclic) bond motifs is 1. The minimum atomic E-state index is -0.101. The second-order valence-corrected chi connectivity index (χ2v) is 6.40. The van der Waals surface area contributed by atoms with Crippen LogP contribution in [0, 0.1) is 5.92 Å². The Morgan fingerprint density at radius 2 is 2.18 bits per heavy atom. The van der Waals surface area contributed by atoms with Crippen molar-refractivity contribution < 1.29 is 4.79 Å². The molecule has 6 heteroatoms. The van der Waals surface area contributed by atoms with Crippen LogP contribution in [0.5, 0.6) is 0 Å². The number of nitrogens with zero attached hydrogens (tertiary/aromatic N) is 4. The van der Waals surface area contributed by atoms with Gasteiger partial charge in [-0.05, 0) is 30.9 Å². The molecule has 1 aromatic heterocycles. The van der Waals surface area contributed by atoms with Crippen LogP contribution in [0.1, 0.15) is 32.1 Å². The smallest absolute Gasteiger partial charge is 0.232 e. The maximum absolute atomic E-state index is 12.7. The zero-order valence-electron chi connectivity index (χ0n) is 12.8. The predicted octanol–water partition coefficient (Wildman–Crippen LogP) is 3.05. The van der Waals surface area contributed by atoms with Crippen LogP contribution < -0.4 is 9.80 Å². The van der Waals surface area contributed by atoms with E-state index < -0.39 is 0 Å². The highest BCUT2D eigenvalue weighted by molar-refractivity contribution is 6.28. The predicted molar refractivity (Wildman–Crippen MR) is 88.4 cm³/mol. The van der Waals surface area contributed by atoms with Crippen LogP contribution in [0.2, 0.25) is 5.28 Å². The van der Waals surface area contributed by atoms with Crippen LogP contribution in [0.25, 0.3) is 0 Å². The average molecular weight is 321 g/mol. The zero-order valence-corrected chi connectivity index (χ0v) is 13.6. The maximum Gasteiger partial charge on any atom is 0.232 e. The van der Waals surface area contributed by atoms with Gasteiger partial charge in [0.05, 0.1) is 12.1 Å². The summed E-state index contributed by atoms with van der Waals surface area (Å²) in [5, 5.41) is 0.227. The van der Waals surface area contributed by atoms with Gasteiger partial charge in [-0.1, -0.05) is 18.9 Å². The van der Waals surface area contributed by atoms with E-state index in [0.29, 0.717) is 19.0 Å². The quantitative estimate of drug-likeness (QED) is 0.634. The molecule has 0 spiro atoms. The summed E-state index contributed by atoms with van der Waals surface area (Å²) in [5.41, 5.74) is 0.743. The first kappa shape index (κ1) is 15.3. The second-order valence-electron chi connectivity index (χ2n) is 6.06. The standard InChI is InChI=1S/C16H21ClN4O/c1-3-6-11-10-21(12-7-4-5-8-12)14-13(20(2)15(11)22)9-18-16(17)19-14/h3,9,11-12H,1,4-8,10H2,2H3/t11-/m0/s1. The van der Waals surface area contributed by atoms with Crippen molar-refractivity contribution in [3.05, 3.63) is 24.1 Å². The van der Waals surface area contributed by atoms with Crippen molar-refractivity contribution in [1.82, 2.24) is 9.97 Å². The minimum Gasteiger partial charge on any atom is -0.351 e. The molecule has 2 aliphatic rings. The van der Waals surface area contributed by atoms with Crippen LogP contribution in [0.3, 0.4) is 0 Å². The molecule has 1 fully saturated rings. The number of rotatable bonds is 3. The lowest BCUT2D eigenvalue weighted by Crippen LogP contribution is -2.39. The number of amides is 1. The van der Waals surface area contributed by atoms with Crippen LogP contribution in [-0.4, -0.2) is 35.5 Å². The summed E-state index contributed by atoms with van der Waals surface area (Å²) in [5.74, 6) is 0.776. The minimum absolute atomic E-state index is 0.0903. The lowest BCUT2D eigenvalue weighted by molar-refractivity contribution is -0.121. The first-order valence-corrected chi connectivity index (χ1v) is 8.17. The Morgan fingerprint density at radius 1 is 1.45 bits per heavy atom. The van der Waals surface area contributed by atoms with E-state index in [0.717, 1.165) is 24.3 Å². The number of aromatic nitrogens is 2. The molecule has 1 amide bonds. The molecule has 1 aliphatic heterocycles. The topological polar surface area (TPSA) is 49.3 Å². The van der Waals surface area contributed by atoms with Gasteiger partial charge < -0.3 is 9.80 Å². The molecule has 0 unspecified atom stereocenters. The van der Waals surface area contributed by atoms with Crippen LogP contribution in [0.15, 0.2) is 18.9 Å². The molecule has 1 aliphatic carbocycles. The summed E-state index contributed by atoms with van der Waals surface area (Å²) in [4.78, 5) is 25.1.